The van der Waals surface area contributed by atoms with Gasteiger partial charge in [0.2, 0.25) is 0 Å². The summed E-state index contributed by atoms with van der Waals surface area (Å²) in [6.45, 7) is 4.84. The number of aryl methyl sites for hydroxylation is 2. The molecular formula is C16H23N3O2. The highest BCUT2D eigenvalue weighted by Gasteiger charge is 2.11. The Morgan fingerprint density at radius 1 is 1.24 bits per heavy atom. The molecule has 1 heterocycles. The SMILES string of the molecule is CCc1cc(CC)n(CC(O)COc2ccc(N)cc2)n1. The fourth-order valence-electron chi connectivity index (χ4n) is 2.14. The third kappa shape index (κ3) is 4.23. The van der Waals surface area contributed by atoms with Crippen LogP contribution in [0.4, 0.5) is 5.69 Å². The van der Waals surface area contributed by atoms with E-state index < -0.39 is 6.10 Å². The van der Waals surface area contributed by atoms with E-state index in [9.17, 15) is 5.11 Å². The highest BCUT2D eigenvalue weighted by Crippen LogP contribution is 2.14. The number of anilines is 1. The largest absolute Gasteiger partial charge is 0.491 e. The van der Waals surface area contributed by atoms with Crippen molar-refractivity contribution in [1.29, 1.82) is 0 Å². The number of aliphatic hydroxyl groups is 1. The zero-order chi connectivity index (χ0) is 15.2. The molecule has 5 heteroatoms. The average molecular weight is 289 g/mol. The van der Waals surface area contributed by atoms with Crippen LogP contribution in [-0.2, 0) is 19.4 Å². The van der Waals surface area contributed by atoms with E-state index >= 15 is 0 Å². The lowest BCUT2D eigenvalue weighted by Crippen LogP contribution is -2.25. The van der Waals surface area contributed by atoms with Crippen molar-refractivity contribution in [3.8, 4) is 5.75 Å². The molecule has 1 unspecified atom stereocenters. The maximum atomic E-state index is 10.1. The van der Waals surface area contributed by atoms with Crippen molar-refractivity contribution < 1.29 is 9.84 Å². The summed E-state index contributed by atoms with van der Waals surface area (Å²) in [4.78, 5) is 0. The van der Waals surface area contributed by atoms with E-state index in [-0.39, 0.29) is 6.61 Å². The topological polar surface area (TPSA) is 73.3 Å². The van der Waals surface area contributed by atoms with E-state index in [1.165, 1.54) is 0 Å². The molecule has 0 aliphatic heterocycles. The maximum absolute atomic E-state index is 10.1. The molecule has 1 aromatic heterocycles. The molecule has 1 aromatic carbocycles. The summed E-state index contributed by atoms with van der Waals surface area (Å²) in [6.07, 6.45) is 1.20. The van der Waals surface area contributed by atoms with E-state index in [0.29, 0.717) is 18.0 Å². The van der Waals surface area contributed by atoms with Crippen molar-refractivity contribution in [3.63, 3.8) is 0 Å². The average Bonchev–Trinajstić information content (AvgIpc) is 2.89. The molecule has 0 saturated heterocycles. The van der Waals surface area contributed by atoms with E-state index in [0.717, 1.165) is 24.2 Å². The predicted molar refractivity (Wildman–Crippen MR) is 83.3 cm³/mol. The molecule has 0 fully saturated rings. The van der Waals surface area contributed by atoms with Crippen molar-refractivity contribution in [2.75, 3.05) is 12.3 Å². The number of aliphatic hydroxyl groups excluding tert-OH is 1. The van der Waals surface area contributed by atoms with Crippen molar-refractivity contribution in [2.45, 2.75) is 39.3 Å². The first kappa shape index (κ1) is 15.4. The van der Waals surface area contributed by atoms with E-state index in [1.807, 2.05) is 4.68 Å². The summed E-state index contributed by atoms with van der Waals surface area (Å²) in [6, 6.07) is 9.23. The molecule has 114 valence electrons. The van der Waals surface area contributed by atoms with Crippen molar-refractivity contribution in [3.05, 3.63) is 41.7 Å². The minimum absolute atomic E-state index is 0.231. The lowest BCUT2D eigenvalue weighted by atomic mass is 10.2. The minimum Gasteiger partial charge on any atom is -0.491 e. The second-order valence-electron chi connectivity index (χ2n) is 5.05. The van der Waals surface area contributed by atoms with Crippen LogP contribution in [0, 0.1) is 0 Å². The van der Waals surface area contributed by atoms with Gasteiger partial charge < -0.3 is 15.6 Å². The van der Waals surface area contributed by atoms with Gasteiger partial charge in [0.05, 0.1) is 12.2 Å². The second-order valence-corrected chi connectivity index (χ2v) is 5.05. The Labute approximate surface area is 125 Å². The van der Waals surface area contributed by atoms with Crippen molar-refractivity contribution >= 4 is 5.69 Å². The van der Waals surface area contributed by atoms with Gasteiger partial charge in [0.1, 0.15) is 18.5 Å². The van der Waals surface area contributed by atoms with E-state index in [1.54, 1.807) is 24.3 Å². The van der Waals surface area contributed by atoms with Crippen LogP contribution < -0.4 is 10.5 Å². The lowest BCUT2D eigenvalue weighted by molar-refractivity contribution is 0.0885. The number of rotatable bonds is 7. The Balaban J connectivity index is 1.90. The summed E-state index contributed by atoms with van der Waals surface area (Å²) in [5.41, 5.74) is 8.50. The summed E-state index contributed by atoms with van der Waals surface area (Å²) in [7, 11) is 0. The molecule has 0 spiro atoms. The standard InChI is InChI=1S/C16H23N3O2/c1-3-13-9-14(4-2)19(18-13)10-15(20)11-21-16-7-5-12(17)6-8-16/h5-9,15,20H,3-4,10-11,17H2,1-2H3. The number of hydrogen-bond donors (Lipinski definition) is 2. The van der Waals surface area contributed by atoms with Crippen LogP contribution in [0.5, 0.6) is 5.75 Å². The van der Waals surface area contributed by atoms with Gasteiger partial charge in [-0.3, -0.25) is 4.68 Å². The third-order valence-corrected chi connectivity index (χ3v) is 3.34. The molecule has 0 saturated carbocycles. The first-order valence-electron chi connectivity index (χ1n) is 7.34. The molecule has 3 N–H and O–H groups in total. The van der Waals surface area contributed by atoms with Crippen LogP contribution in [-0.4, -0.2) is 27.6 Å². The number of aromatic nitrogens is 2. The molecule has 1 atom stereocenters. The van der Waals surface area contributed by atoms with Gasteiger partial charge in [0.25, 0.3) is 0 Å². The maximum Gasteiger partial charge on any atom is 0.119 e. The van der Waals surface area contributed by atoms with Gasteiger partial charge in [-0.1, -0.05) is 13.8 Å². The number of nitrogen functional groups attached to an aromatic ring is 1. The molecule has 5 nitrogen and oxygen atoms in total. The first-order valence-corrected chi connectivity index (χ1v) is 7.34. The molecule has 2 rings (SSSR count). The van der Waals surface area contributed by atoms with Crippen molar-refractivity contribution in [1.82, 2.24) is 9.78 Å². The third-order valence-electron chi connectivity index (χ3n) is 3.34. The van der Waals surface area contributed by atoms with Crippen LogP contribution in [0.3, 0.4) is 0 Å². The molecule has 0 amide bonds. The van der Waals surface area contributed by atoms with Crippen LogP contribution in [0.25, 0.3) is 0 Å². The van der Waals surface area contributed by atoms with Crippen LogP contribution in [0.2, 0.25) is 0 Å². The minimum atomic E-state index is -0.600. The number of hydrogen-bond acceptors (Lipinski definition) is 4. The van der Waals surface area contributed by atoms with Gasteiger partial charge in [0.15, 0.2) is 0 Å². The summed E-state index contributed by atoms with van der Waals surface area (Å²) >= 11 is 0. The normalized spacial score (nSPS) is 12.3. The molecular weight excluding hydrogens is 266 g/mol. The molecule has 0 bridgehead atoms. The Morgan fingerprint density at radius 3 is 2.57 bits per heavy atom. The molecule has 2 aromatic rings. The number of nitrogens with zero attached hydrogens (tertiary/aromatic N) is 2. The zero-order valence-corrected chi connectivity index (χ0v) is 12.6. The van der Waals surface area contributed by atoms with Gasteiger partial charge in [-0.05, 0) is 43.2 Å². The lowest BCUT2D eigenvalue weighted by Gasteiger charge is -2.14. The van der Waals surface area contributed by atoms with Gasteiger partial charge in [-0.2, -0.15) is 5.10 Å². The smallest absolute Gasteiger partial charge is 0.119 e. The van der Waals surface area contributed by atoms with Crippen LogP contribution in [0.15, 0.2) is 30.3 Å². The predicted octanol–water partition coefficient (Wildman–Crippen LogP) is 2.03. The van der Waals surface area contributed by atoms with E-state index in [4.69, 9.17) is 10.5 Å². The molecule has 21 heavy (non-hydrogen) atoms. The first-order chi connectivity index (χ1) is 10.1. The van der Waals surface area contributed by atoms with E-state index in [2.05, 4.69) is 25.0 Å². The highest BCUT2D eigenvalue weighted by molar-refractivity contribution is 5.41. The number of ether oxygens (including phenoxy) is 1. The Hall–Kier alpha value is -2.01. The molecule has 0 aliphatic carbocycles. The Kier molecular flexibility index (Phi) is 5.22. The molecule has 0 radical (unpaired) electrons. The quantitative estimate of drug-likeness (QED) is 0.765. The van der Waals surface area contributed by atoms with Crippen LogP contribution >= 0.6 is 0 Å². The van der Waals surface area contributed by atoms with Crippen LogP contribution in [0.1, 0.15) is 25.2 Å². The van der Waals surface area contributed by atoms with Gasteiger partial charge in [-0.15, -0.1) is 0 Å². The van der Waals surface area contributed by atoms with Gasteiger partial charge in [0, 0.05) is 11.4 Å². The highest BCUT2D eigenvalue weighted by atomic mass is 16.5. The zero-order valence-electron chi connectivity index (χ0n) is 12.6. The van der Waals surface area contributed by atoms with Crippen molar-refractivity contribution in [2.24, 2.45) is 0 Å². The fraction of sp³-hybridized carbons (Fsp3) is 0.438. The second kappa shape index (κ2) is 7.13. The summed E-state index contributed by atoms with van der Waals surface area (Å²) in [5.74, 6) is 0.702. The number of nitrogens with two attached hydrogens (primary N) is 1. The van der Waals surface area contributed by atoms with Gasteiger partial charge in [-0.25, -0.2) is 0 Å². The Bertz CT molecular complexity index is 563. The summed E-state index contributed by atoms with van der Waals surface area (Å²) < 4.78 is 7.43. The van der Waals surface area contributed by atoms with Gasteiger partial charge >= 0.3 is 0 Å². The fourth-order valence-corrected chi connectivity index (χ4v) is 2.14. The monoisotopic (exact) mass is 289 g/mol. The number of benzene rings is 1. The summed E-state index contributed by atoms with van der Waals surface area (Å²) in [5, 5.41) is 14.6. The Morgan fingerprint density at radius 2 is 1.95 bits per heavy atom. The molecule has 0 aliphatic rings.